The second-order valence-corrected chi connectivity index (χ2v) is 4.70. The molecule has 0 atom stereocenters. The van der Waals surface area contributed by atoms with Crippen molar-refractivity contribution < 1.29 is 4.79 Å². The Labute approximate surface area is 102 Å². The summed E-state index contributed by atoms with van der Waals surface area (Å²) < 4.78 is 0. The summed E-state index contributed by atoms with van der Waals surface area (Å²) in [5.41, 5.74) is 0. The zero-order valence-corrected chi connectivity index (χ0v) is 11.4. The largest absolute Gasteiger partial charge is 0.356 e. The lowest BCUT2D eigenvalue weighted by Gasteiger charge is -2.04. The Balaban J connectivity index is 3.06. The maximum Gasteiger partial charge on any atom is 0.220 e. The minimum atomic E-state index is 0.197. The van der Waals surface area contributed by atoms with Crippen LogP contribution < -0.4 is 5.32 Å². The molecule has 1 N–H and O–H groups in total. The van der Waals surface area contributed by atoms with Crippen molar-refractivity contribution >= 4 is 21.8 Å². The third kappa shape index (κ3) is 11.9. The van der Waals surface area contributed by atoms with Crippen LogP contribution in [-0.4, -0.2) is 17.8 Å². The van der Waals surface area contributed by atoms with Crippen LogP contribution in [0.2, 0.25) is 0 Å². The molecule has 0 aromatic rings. The number of nitrogens with one attached hydrogen (secondary N) is 1. The van der Waals surface area contributed by atoms with Gasteiger partial charge in [0.15, 0.2) is 0 Å². The van der Waals surface area contributed by atoms with E-state index in [-0.39, 0.29) is 5.91 Å². The van der Waals surface area contributed by atoms with Crippen LogP contribution in [0.3, 0.4) is 0 Å². The summed E-state index contributed by atoms with van der Waals surface area (Å²) in [7, 11) is 0. The Kier molecular flexibility index (Phi) is 12.0. The van der Waals surface area contributed by atoms with Crippen LogP contribution in [-0.2, 0) is 4.79 Å². The third-order valence-corrected chi connectivity index (χ3v) is 2.95. The Morgan fingerprint density at radius 2 is 1.73 bits per heavy atom. The monoisotopic (exact) mass is 277 g/mol. The number of rotatable bonds is 10. The second kappa shape index (κ2) is 12.0. The molecular weight excluding hydrogens is 254 g/mol. The molecule has 3 heteroatoms. The quantitative estimate of drug-likeness (QED) is 0.480. The highest BCUT2D eigenvalue weighted by molar-refractivity contribution is 9.09. The molecule has 1 amide bonds. The number of carbonyl (C=O) groups excluding carboxylic acids is 1. The zero-order chi connectivity index (χ0) is 11.4. The second-order valence-electron chi connectivity index (χ2n) is 3.91. The topological polar surface area (TPSA) is 29.1 Å². The first-order chi connectivity index (χ1) is 7.31. The number of alkyl halides is 1. The maximum atomic E-state index is 11.2. The minimum Gasteiger partial charge on any atom is -0.356 e. The molecule has 0 radical (unpaired) electrons. The van der Waals surface area contributed by atoms with E-state index in [0.29, 0.717) is 6.42 Å². The Hall–Kier alpha value is -0.0500. The van der Waals surface area contributed by atoms with Crippen LogP contribution in [0, 0.1) is 0 Å². The van der Waals surface area contributed by atoms with E-state index in [0.717, 1.165) is 24.7 Å². The van der Waals surface area contributed by atoms with Gasteiger partial charge in [0.1, 0.15) is 0 Å². The average Bonchev–Trinajstić information content (AvgIpc) is 2.25. The summed E-state index contributed by atoms with van der Waals surface area (Å²) >= 11 is 3.31. The van der Waals surface area contributed by atoms with Gasteiger partial charge in [0.2, 0.25) is 5.91 Å². The minimum absolute atomic E-state index is 0.197. The van der Waals surface area contributed by atoms with E-state index in [1.807, 2.05) is 0 Å². The molecular formula is C12H24BrNO. The molecule has 0 spiro atoms. The van der Waals surface area contributed by atoms with Crippen molar-refractivity contribution in [2.45, 2.75) is 58.3 Å². The average molecular weight is 278 g/mol. The highest BCUT2D eigenvalue weighted by atomic mass is 79.9. The van der Waals surface area contributed by atoms with Crippen molar-refractivity contribution in [3.8, 4) is 0 Å². The highest BCUT2D eigenvalue weighted by Gasteiger charge is 1.98. The zero-order valence-electron chi connectivity index (χ0n) is 9.86. The van der Waals surface area contributed by atoms with Crippen molar-refractivity contribution in [2.75, 3.05) is 11.9 Å². The van der Waals surface area contributed by atoms with Gasteiger partial charge in [-0.15, -0.1) is 0 Å². The van der Waals surface area contributed by atoms with Crippen LogP contribution in [0.4, 0.5) is 0 Å². The summed E-state index contributed by atoms with van der Waals surface area (Å²) in [6.07, 6.45) is 9.26. The first-order valence-corrected chi connectivity index (χ1v) is 7.26. The molecule has 2 nitrogen and oxygen atoms in total. The van der Waals surface area contributed by atoms with Gasteiger partial charge < -0.3 is 5.32 Å². The third-order valence-electron chi connectivity index (χ3n) is 2.39. The summed E-state index contributed by atoms with van der Waals surface area (Å²) in [5.74, 6) is 0.197. The maximum absolute atomic E-state index is 11.2. The van der Waals surface area contributed by atoms with E-state index in [4.69, 9.17) is 0 Å². The van der Waals surface area contributed by atoms with Gasteiger partial charge in [-0.2, -0.15) is 0 Å². The van der Waals surface area contributed by atoms with Gasteiger partial charge in [-0.1, -0.05) is 55.0 Å². The van der Waals surface area contributed by atoms with Gasteiger partial charge in [-0.25, -0.2) is 0 Å². The lowest BCUT2D eigenvalue weighted by Crippen LogP contribution is -2.24. The fourth-order valence-electron chi connectivity index (χ4n) is 1.45. The van der Waals surface area contributed by atoms with Gasteiger partial charge in [0.05, 0.1) is 0 Å². The van der Waals surface area contributed by atoms with Gasteiger partial charge in [-0.05, 0) is 12.8 Å². The van der Waals surface area contributed by atoms with Crippen molar-refractivity contribution in [1.82, 2.24) is 5.32 Å². The number of carbonyl (C=O) groups is 1. The molecule has 0 saturated heterocycles. The molecule has 0 fully saturated rings. The molecule has 15 heavy (non-hydrogen) atoms. The molecule has 0 rings (SSSR count). The van der Waals surface area contributed by atoms with E-state index in [1.54, 1.807) is 0 Å². The van der Waals surface area contributed by atoms with Crippen LogP contribution in [0.25, 0.3) is 0 Å². The Morgan fingerprint density at radius 1 is 1.07 bits per heavy atom. The van der Waals surface area contributed by atoms with E-state index in [1.165, 1.54) is 32.1 Å². The SMILES string of the molecule is CCCCCCCCNC(=O)CCCBr. The van der Waals surface area contributed by atoms with Gasteiger partial charge in [-0.3, -0.25) is 4.79 Å². The van der Waals surface area contributed by atoms with E-state index in [9.17, 15) is 4.79 Å². The van der Waals surface area contributed by atoms with E-state index >= 15 is 0 Å². The summed E-state index contributed by atoms with van der Waals surface area (Å²) in [5, 5.41) is 3.86. The van der Waals surface area contributed by atoms with Crippen LogP contribution in [0.15, 0.2) is 0 Å². The number of hydrogen-bond acceptors (Lipinski definition) is 1. The molecule has 90 valence electrons. The predicted molar refractivity (Wildman–Crippen MR) is 69.4 cm³/mol. The van der Waals surface area contributed by atoms with Gasteiger partial charge >= 0.3 is 0 Å². The standard InChI is InChI=1S/C12H24BrNO/c1-2-3-4-5-6-7-11-14-12(15)9-8-10-13/h2-11H2,1H3,(H,14,15). The Morgan fingerprint density at radius 3 is 2.40 bits per heavy atom. The molecule has 0 aliphatic carbocycles. The van der Waals surface area contributed by atoms with Crippen molar-refractivity contribution in [1.29, 1.82) is 0 Å². The fourth-order valence-corrected chi connectivity index (χ4v) is 1.73. The molecule has 0 saturated carbocycles. The molecule has 0 aromatic carbocycles. The van der Waals surface area contributed by atoms with E-state index in [2.05, 4.69) is 28.2 Å². The molecule has 0 bridgehead atoms. The van der Waals surface area contributed by atoms with Crippen LogP contribution >= 0.6 is 15.9 Å². The number of unbranched alkanes of at least 4 members (excludes halogenated alkanes) is 5. The van der Waals surface area contributed by atoms with Crippen molar-refractivity contribution in [2.24, 2.45) is 0 Å². The summed E-state index contributed by atoms with van der Waals surface area (Å²) in [6.45, 7) is 3.08. The smallest absolute Gasteiger partial charge is 0.220 e. The van der Waals surface area contributed by atoms with Crippen molar-refractivity contribution in [3.05, 3.63) is 0 Å². The molecule has 0 aromatic heterocycles. The highest BCUT2D eigenvalue weighted by Crippen LogP contribution is 2.04. The van der Waals surface area contributed by atoms with Crippen LogP contribution in [0.5, 0.6) is 0 Å². The lowest BCUT2D eigenvalue weighted by atomic mass is 10.1. The number of halogens is 1. The number of amides is 1. The fraction of sp³-hybridized carbons (Fsp3) is 0.917. The van der Waals surface area contributed by atoms with E-state index < -0.39 is 0 Å². The predicted octanol–water partition coefficient (Wildman–Crippen LogP) is 3.64. The Bertz CT molecular complexity index is 151. The van der Waals surface area contributed by atoms with Crippen molar-refractivity contribution in [3.63, 3.8) is 0 Å². The van der Waals surface area contributed by atoms with Crippen LogP contribution in [0.1, 0.15) is 58.3 Å². The molecule has 0 aliphatic rings. The summed E-state index contributed by atoms with van der Waals surface area (Å²) in [6, 6.07) is 0. The van der Waals surface area contributed by atoms with Gasteiger partial charge in [0, 0.05) is 18.3 Å². The number of hydrogen-bond donors (Lipinski definition) is 1. The first kappa shape index (κ1) is 14.9. The molecule has 0 aliphatic heterocycles. The normalized spacial score (nSPS) is 10.3. The first-order valence-electron chi connectivity index (χ1n) is 6.14. The molecule has 0 unspecified atom stereocenters. The lowest BCUT2D eigenvalue weighted by molar-refractivity contribution is -0.121. The summed E-state index contributed by atoms with van der Waals surface area (Å²) in [4.78, 5) is 11.2. The molecule has 0 heterocycles. The van der Waals surface area contributed by atoms with Gasteiger partial charge in [0.25, 0.3) is 0 Å².